The van der Waals surface area contributed by atoms with Gasteiger partial charge in [-0.3, -0.25) is 0 Å². The smallest absolute Gasteiger partial charge is 0.169 e. The molecule has 1 aliphatic carbocycles. The van der Waals surface area contributed by atoms with Crippen molar-refractivity contribution in [1.29, 1.82) is 0 Å². The Labute approximate surface area is 107 Å². The molecule has 0 atom stereocenters. The van der Waals surface area contributed by atoms with Gasteiger partial charge < -0.3 is 9.47 Å². The summed E-state index contributed by atoms with van der Waals surface area (Å²) in [5.74, 6) is 1.56. The van der Waals surface area contributed by atoms with E-state index in [9.17, 15) is 0 Å². The molecule has 2 nitrogen and oxygen atoms in total. The van der Waals surface area contributed by atoms with Gasteiger partial charge in [-0.05, 0) is 18.4 Å². The first-order valence-corrected chi connectivity index (χ1v) is 6.08. The minimum absolute atomic E-state index is 0.753. The van der Waals surface area contributed by atoms with Crippen LogP contribution in [-0.4, -0.2) is 0 Å². The first kappa shape index (κ1) is 10.9. The van der Waals surface area contributed by atoms with Crippen LogP contribution in [0.1, 0.15) is 18.4 Å². The molecule has 0 bridgehead atoms. The molecule has 0 amide bonds. The molecule has 1 aromatic rings. The molecule has 0 aromatic heterocycles. The van der Waals surface area contributed by atoms with Crippen LogP contribution < -0.4 is 0 Å². The summed E-state index contributed by atoms with van der Waals surface area (Å²) in [7, 11) is 0. The fraction of sp³-hybridized carbons (Fsp3) is 0.125. The fourth-order valence-electron chi connectivity index (χ4n) is 2.00. The van der Waals surface area contributed by atoms with E-state index in [1.54, 1.807) is 12.5 Å². The quantitative estimate of drug-likeness (QED) is 0.770. The van der Waals surface area contributed by atoms with Crippen molar-refractivity contribution in [3.63, 3.8) is 0 Å². The summed E-state index contributed by atoms with van der Waals surface area (Å²) in [4.78, 5) is 0. The summed E-state index contributed by atoms with van der Waals surface area (Å²) in [6.07, 6.45) is 11.6. The van der Waals surface area contributed by atoms with E-state index in [0.29, 0.717) is 0 Å². The Morgan fingerprint density at radius 3 is 2.56 bits per heavy atom. The van der Waals surface area contributed by atoms with Crippen LogP contribution in [0, 0.1) is 0 Å². The molecule has 1 aliphatic heterocycles. The number of benzene rings is 1. The van der Waals surface area contributed by atoms with Crippen LogP contribution in [0.2, 0.25) is 0 Å². The summed E-state index contributed by atoms with van der Waals surface area (Å²) in [6.45, 7) is 0. The molecule has 0 radical (unpaired) electrons. The van der Waals surface area contributed by atoms with Gasteiger partial charge in [-0.15, -0.1) is 0 Å². The Balaban J connectivity index is 1.80. The number of hydrogen-bond acceptors (Lipinski definition) is 2. The standard InChI is InChI=1S/C16H14O2/c1-3-7-13(8-4-1)15-11-17-12-16(18-15)14-9-5-2-6-10-14/h1-5,7-9,11-12H,6,10H2. The summed E-state index contributed by atoms with van der Waals surface area (Å²) < 4.78 is 11.3. The lowest BCUT2D eigenvalue weighted by atomic mass is 10.0. The lowest BCUT2D eigenvalue weighted by Gasteiger charge is -2.19. The Morgan fingerprint density at radius 2 is 1.78 bits per heavy atom. The monoisotopic (exact) mass is 238 g/mol. The van der Waals surface area contributed by atoms with Gasteiger partial charge in [0.25, 0.3) is 0 Å². The fourth-order valence-corrected chi connectivity index (χ4v) is 2.00. The van der Waals surface area contributed by atoms with Gasteiger partial charge in [0, 0.05) is 5.56 Å². The predicted octanol–water partition coefficient (Wildman–Crippen LogP) is 4.15. The molecule has 1 aromatic carbocycles. The summed E-state index contributed by atoms with van der Waals surface area (Å²) in [5, 5.41) is 0. The van der Waals surface area contributed by atoms with Gasteiger partial charge in [0.05, 0.1) is 0 Å². The maximum Gasteiger partial charge on any atom is 0.169 e. The Bertz CT molecular complexity index is 548. The van der Waals surface area contributed by atoms with Gasteiger partial charge in [0.1, 0.15) is 12.5 Å². The molecule has 18 heavy (non-hydrogen) atoms. The molecule has 0 N–H and O–H groups in total. The molecule has 3 rings (SSSR count). The molecule has 0 saturated carbocycles. The van der Waals surface area contributed by atoms with Crippen molar-refractivity contribution in [2.45, 2.75) is 12.8 Å². The SMILES string of the molecule is C1=CCCC(C2=COC=C(c3ccccc3)O2)=C1. The lowest BCUT2D eigenvalue weighted by molar-refractivity contribution is 0.285. The Hall–Kier alpha value is -2.22. The zero-order valence-electron chi connectivity index (χ0n) is 10.0. The van der Waals surface area contributed by atoms with Crippen LogP contribution >= 0.6 is 0 Å². The highest BCUT2D eigenvalue weighted by molar-refractivity contribution is 5.61. The molecular weight excluding hydrogens is 224 g/mol. The average molecular weight is 238 g/mol. The molecule has 0 spiro atoms. The average Bonchev–Trinajstić information content (AvgIpc) is 2.49. The number of rotatable bonds is 2. The highest BCUT2D eigenvalue weighted by Gasteiger charge is 2.15. The maximum absolute atomic E-state index is 5.91. The normalized spacial score (nSPS) is 18.1. The third-order valence-electron chi connectivity index (χ3n) is 2.96. The van der Waals surface area contributed by atoms with Crippen molar-refractivity contribution in [3.05, 3.63) is 78.0 Å². The zero-order valence-corrected chi connectivity index (χ0v) is 10.0. The molecule has 0 saturated heterocycles. The first-order valence-electron chi connectivity index (χ1n) is 6.08. The highest BCUT2D eigenvalue weighted by atomic mass is 16.5. The van der Waals surface area contributed by atoms with Gasteiger partial charge in [-0.2, -0.15) is 0 Å². The second kappa shape index (κ2) is 4.96. The maximum atomic E-state index is 5.91. The molecule has 1 heterocycles. The van der Waals surface area contributed by atoms with E-state index in [-0.39, 0.29) is 0 Å². The number of ether oxygens (including phenoxy) is 2. The molecule has 2 aliphatic rings. The van der Waals surface area contributed by atoms with Crippen LogP contribution in [0.4, 0.5) is 0 Å². The van der Waals surface area contributed by atoms with Crippen molar-refractivity contribution in [2.24, 2.45) is 0 Å². The van der Waals surface area contributed by atoms with E-state index in [0.717, 1.165) is 29.9 Å². The van der Waals surface area contributed by atoms with Crippen LogP contribution in [0.3, 0.4) is 0 Å². The minimum atomic E-state index is 0.753. The predicted molar refractivity (Wildman–Crippen MR) is 71.1 cm³/mol. The van der Waals surface area contributed by atoms with Crippen LogP contribution in [-0.2, 0) is 9.47 Å². The van der Waals surface area contributed by atoms with E-state index in [4.69, 9.17) is 9.47 Å². The molecule has 90 valence electrons. The Morgan fingerprint density at radius 1 is 0.944 bits per heavy atom. The van der Waals surface area contributed by atoms with Crippen molar-refractivity contribution < 1.29 is 9.47 Å². The van der Waals surface area contributed by atoms with E-state index < -0.39 is 0 Å². The van der Waals surface area contributed by atoms with E-state index in [2.05, 4.69) is 18.2 Å². The Kier molecular flexibility index (Phi) is 3.01. The highest BCUT2D eigenvalue weighted by Crippen LogP contribution is 2.29. The summed E-state index contributed by atoms with van der Waals surface area (Å²) >= 11 is 0. The van der Waals surface area contributed by atoms with Gasteiger partial charge in [0.2, 0.25) is 0 Å². The number of hydrogen-bond donors (Lipinski definition) is 0. The van der Waals surface area contributed by atoms with E-state index in [1.807, 2.05) is 30.3 Å². The topological polar surface area (TPSA) is 18.5 Å². The summed E-state index contributed by atoms with van der Waals surface area (Å²) in [5.41, 5.74) is 2.20. The van der Waals surface area contributed by atoms with E-state index in [1.165, 1.54) is 5.57 Å². The van der Waals surface area contributed by atoms with E-state index >= 15 is 0 Å². The number of allylic oxidation sites excluding steroid dienone is 4. The second-order valence-electron chi connectivity index (χ2n) is 4.23. The van der Waals surface area contributed by atoms with Crippen molar-refractivity contribution in [1.82, 2.24) is 0 Å². The van der Waals surface area contributed by atoms with Gasteiger partial charge >= 0.3 is 0 Å². The van der Waals surface area contributed by atoms with Crippen LogP contribution in [0.25, 0.3) is 5.76 Å². The molecule has 0 fully saturated rings. The molecular formula is C16H14O2. The minimum Gasteiger partial charge on any atom is -0.465 e. The van der Waals surface area contributed by atoms with Crippen molar-refractivity contribution in [3.8, 4) is 0 Å². The largest absolute Gasteiger partial charge is 0.465 e. The van der Waals surface area contributed by atoms with Gasteiger partial charge in [0.15, 0.2) is 11.5 Å². The van der Waals surface area contributed by atoms with Crippen LogP contribution in [0.5, 0.6) is 0 Å². The van der Waals surface area contributed by atoms with Gasteiger partial charge in [-0.25, -0.2) is 0 Å². The molecule has 2 heteroatoms. The third kappa shape index (κ3) is 2.23. The molecule has 0 unspecified atom stereocenters. The second-order valence-corrected chi connectivity index (χ2v) is 4.23. The summed E-state index contributed by atoms with van der Waals surface area (Å²) in [6, 6.07) is 9.97. The third-order valence-corrected chi connectivity index (χ3v) is 2.96. The van der Waals surface area contributed by atoms with Crippen LogP contribution in [0.15, 0.2) is 72.4 Å². The van der Waals surface area contributed by atoms with Crippen molar-refractivity contribution >= 4 is 5.76 Å². The first-order chi connectivity index (χ1) is 8.93. The van der Waals surface area contributed by atoms with Crippen molar-refractivity contribution in [2.75, 3.05) is 0 Å². The zero-order chi connectivity index (χ0) is 12.2. The lowest BCUT2D eigenvalue weighted by Crippen LogP contribution is -2.03. The van der Waals surface area contributed by atoms with Gasteiger partial charge in [-0.1, -0.05) is 48.6 Å².